The van der Waals surface area contributed by atoms with Gasteiger partial charge in [-0.1, -0.05) is 51.1 Å². The van der Waals surface area contributed by atoms with Crippen LogP contribution in [0, 0.1) is 11.3 Å². The Morgan fingerprint density at radius 2 is 1.74 bits per heavy atom. The molecule has 0 aliphatic heterocycles. The zero-order valence-corrected chi connectivity index (χ0v) is 21.4. The normalized spacial score (nSPS) is 11.5. The highest BCUT2D eigenvalue weighted by molar-refractivity contribution is 6.74. The largest absolute Gasteiger partial charge is 0.507 e. The topological polar surface area (TPSA) is 125 Å². The third-order valence-electron chi connectivity index (χ3n) is 6.20. The first kappa shape index (κ1) is 25.7. The Morgan fingerprint density at radius 1 is 1.09 bits per heavy atom. The molecule has 1 heterocycles. The number of hydrazine groups is 1. The molecule has 0 saturated heterocycles. The van der Waals surface area contributed by atoms with Gasteiger partial charge in [-0.25, -0.2) is 0 Å². The van der Waals surface area contributed by atoms with Gasteiger partial charge in [0.2, 0.25) is 5.76 Å². The number of hydrogen-bond acceptors (Lipinski definition) is 6. The minimum atomic E-state index is -2.05. The van der Waals surface area contributed by atoms with Crippen molar-refractivity contribution in [1.29, 1.82) is 5.26 Å². The Hall–Kier alpha value is -3.87. The molecular formula is C26H29N3O5Si. The van der Waals surface area contributed by atoms with E-state index in [2.05, 4.69) is 44.7 Å². The fourth-order valence-corrected chi connectivity index (χ4v) is 4.02. The maximum Gasteiger partial charge on any atom is 0.306 e. The second-order valence-electron chi connectivity index (χ2n) is 9.63. The molecule has 0 aliphatic carbocycles. The maximum absolute atomic E-state index is 13.0. The lowest BCUT2D eigenvalue weighted by Crippen LogP contribution is -2.41. The van der Waals surface area contributed by atoms with Gasteiger partial charge in [0.05, 0.1) is 18.4 Å². The van der Waals surface area contributed by atoms with E-state index in [1.54, 1.807) is 6.07 Å². The van der Waals surface area contributed by atoms with Gasteiger partial charge in [-0.05, 0) is 41.9 Å². The molecule has 1 aromatic heterocycles. The van der Waals surface area contributed by atoms with E-state index in [1.807, 2.05) is 30.3 Å². The van der Waals surface area contributed by atoms with Crippen molar-refractivity contribution in [1.82, 2.24) is 10.9 Å². The van der Waals surface area contributed by atoms with Gasteiger partial charge in [-0.3, -0.25) is 20.4 Å². The van der Waals surface area contributed by atoms with Gasteiger partial charge in [0.25, 0.3) is 5.91 Å². The van der Waals surface area contributed by atoms with Crippen LogP contribution in [0.5, 0.6) is 5.75 Å². The molecule has 9 heteroatoms. The van der Waals surface area contributed by atoms with E-state index in [9.17, 15) is 14.7 Å². The molecule has 0 atom stereocenters. The molecule has 0 bridgehead atoms. The fourth-order valence-electron chi connectivity index (χ4n) is 3.07. The maximum atomic E-state index is 13.0. The number of phenols is 1. The molecule has 0 radical (unpaired) electrons. The summed E-state index contributed by atoms with van der Waals surface area (Å²) in [5.41, 5.74) is 6.83. The van der Waals surface area contributed by atoms with Gasteiger partial charge in [-0.2, -0.15) is 5.26 Å². The summed E-state index contributed by atoms with van der Waals surface area (Å²) in [5.74, 6) is -1.49. The van der Waals surface area contributed by atoms with Crippen LogP contribution in [0.1, 0.15) is 52.8 Å². The Labute approximate surface area is 205 Å². The van der Waals surface area contributed by atoms with E-state index in [0.29, 0.717) is 5.56 Å². The van der Waals surface area contributed by atoms with Gasteiger partial charge in [-0.15, -0.1) is 0 Å². The van der Waals surface area contributed by atoms with Gasteiger partial charge < -0.3 is 13.9 Å². The van der Waals surface area contributed by atoms with Gasteiger partial charge in [0.15, 0.2) is 8.32 Å². The van der Waals surface area contributed by atoms with Crippen molar-refractivity contribution in [3.63, 3.8) is 0 Å². The summed E-state index contributed by atoms with van der Waals surface area (Å²) in [6, 6.07) is 15.0. The first-order valence-electron chi connectivity index (χ1n) is 11.1. The quantitative estimate of drug-likeness (QED) is 0.325. The van der Waals surface area contributed by atoms with Crippen LogP contribution >= 0.6 is 0 Å². The molecule has 35 heavy (non-hydrogen) atoms. The third-order valence-corrected chi connectivity index (χ3v) is 10.7. The van der Waals surface area contributed by atoms with Crippen LogP contribution in [-0.4, -0.2) is 25.2 Å². The number of furan rings is 1. The highest BCUT2D eigenvalue weighted by Gasteiger charge is 2.37. The molecule has 8 nitrogen and oxygen atoms in total. The summed E-state index contributed by atoms with van der Waals surface area (Å²) in [6.45, 7) is 11.1. The smallest absolute Gasteiger partial charge is 0.306 e. The number of aromatic hydroxyl groups is 1. The van der Waals surface area contributed by atoms with Crippen LogP contribution < -0.4 is 10.9 Å². The van der Waals surface area contributed by atoms with Crippen LogP contribution in [-0.2, 0) is 11.0 Å². The number of amides is 2. The highest BCUT2D eigenvalue weighted by atomic mass is 28.4. The lowest BCUT2D eigenvalue weighted by atomic mass is 10.0. The molecule has 3 aromatic rings. The average molecular weight is 492 g/mol. The predicted octanol–water partition coefficient (Wildman–Crippen LogP) is 5.12. The van der Waals surface area contributed by atoms with Crippen molar-refractivity contribution < 1.29 is 23.5 Å². The van der Waals surface area contributed by atoms with Crippen LogP contribution in [0.15, 0.2) is 59.2 Å². The molecule has 2 amide bonds. The molecule has 0 spiro atoms. The molecule has 2 aromatic carbocycles. The van der Waals surface area contributed by atoms with Crippen LogP contribution in [0.2, 0.25) is 18.1 Å². The number of nitrogens with zero attached hydrogens (tertiary/aromatic N) is 1. The molecule has 0 aliphatic rings. The number of rotatable bonds is 6. The van der Waals surface area contributed by atoms with Crippen molar-refractivity contribution >= 4 is 20.1 Å². The van der Waals surface area contributed by atoms with E-state index in [1.165, 1.54) is 24.5 Å². The zero-order chi connectivity index (χ0) is 25.8. The first-order valence-corrected chi connectivity index (χ1v) is 14.0. The second kappa shape index (κ2) is 10.2. The van der Waals surface area contributed by atoms with E-state index in [-0.39, 0.29) is 34.3 Å². The van der Waals surface area contributed by atoms with Crippen LogP contribution in [0.4, 0.5) is 0 Å². The lowest BCUT2D eigenvalue weighted by Gasteiger charge is -2.36. The van der Waals surface area contributed by atoms with Gasteiger partial charge >= 0.3 is 5.91 Å². The predicted molar refractivity (Wildman–Crippen MR) is 134 cm³/mol. The summed E-state index contributed by atoms with van der Waals surface area (Å²) in [5, 5.41) is 18.7. The number of carbonyl (C=O) groups excluding carboxylic acids is 2. The molecule has 3 N–H and O–H groups in total. The summed E-state index contributed by atoms with van der Waals surface area (Å²) >= 11 is 0. The van der Waals surface area contributed by atoms with Gasteiger partial charge in [0.1, 0.15) is 11.8 Å². The second-order valence-corrected chi connectivity index (χ2v) is 14.4. The SMILES string of the molecule is CC(C)(C)[Si](C)(C)OCc1coc(C(=O)NNC(=O)c2ccc(O)c(C#N)c2)c1-c1ccccc1. The summed E-state index contributed by atoms with van der Waals surface area (Å²) in [6.07, 6.45) is 1.51. The zero-order valence-electron chi connectivity index (χ0n) is 20.4. The number of nitriles is 1. The van der Waals surface area contributed by atoms with E-state index < -0.39 is 20.1 Å². The van der Waals surface area contributed by atoms with E-state index >= 15 is 0 Å². The molecule has 0 saturated carbocycles. The van der Waals surface area contributed by atoms with Crippen molar-refractivity contribution in [3.8, 4) is 22.9 Å². The molecule has 0 unspecified atom stereocenters. The fraction of sp³-hybridized carbons (Fsp3) is 0.269. The summed E-state index contributed by atoms with van der Waals surface area (Å²) in [7, 11) is -2.05. The Kier molecular flexibility index (Phi) is 7.48. The number of hydrogen-bond donors (Lipinski definition) is 3. The Morgan fingerprint density at radius 3 is 2.37 bits per heavy atom. The summed E-state index contributed by atoms with van der Waals surface area (Å²) < 4.78 is 12.0. The minimum Gasteiger partial charge on any atom is -0.507 e. The number of nitrogens with one attached hydrogen (secondary N) is 2. The molecular weight excluding hydrogens is 462 g/mol. The lowest BCUT2D eigenvalue weighted by molar-refractivity contribution is 0.0831. The van der Waals surface area contributed by atoms with Crippen LogP contribution in [0.25, 0.3) is 11.1 Å². The van der Waals surface area contributed by atoms with Crippen molar-refractivity contribution in [2.75, 3.05) is 0 Å². The standard InChI is InChI=1S/C26H29N3O5Si/c1-26(2,3)35(4,5)34-16-20-15-33-23(22(20)17-9-7-6-8-10-17)25(32)29-28-24(31)18-11-12-21(30)19(13-18)14-27/h6-13,15,30H,16H2,1-5H3,(H,28,31)(H,29,32). The van der Waals surface area contributed by atoms with E-state index in [0.717, 1.165) is 11.1 Å². The average Bonchev–Trinajstić information content (AvgIpc) is 3.25. The van der Waals surface area contributed by atoms with Gasteiger partial charge in [0, 0.05) is 16.7 Å². The number of phenolic OH excluding ortho intramolecular Hbond substituents is 1. The third kappa shape index (κ3) is 5.80. The Balaban J connectivity index is 1.83. The number of carbonyl (C=O) groups is 2. The number of benzene rings is 2. The minimum absolute atomic E-state index is 0.0216. The van der Waals surface area contributed by atoms with E-state index in [4.69, 9.17) is 14.1 Å². The molecule has 182 valence electrons. The molecule has 0 fully saturated rings. The summed E-state index contributed by atoms with van der Waals surface area (Å²) in [4.78, 5) is 25.4. The van der Waals surface area contributed by atoms with Crippen molar-refractivity contribution in [2.45, 2.75) is 45.5 Å². The first-order chi connectivity index (χ1) is 16.4. The Bertz CT molecular complexity index is 1270. The molecule has 3 rings (SSSR count). The monoisotopic (exact) mass is 491 g/mol. The van der Waals surface area contributed by atoms with Crippen LogP contribution in [0.3, 0.4) is 0 Å². The highest BCUT2D eigenvalue weighted by Crippen LogP contribution is 2.38. The van der Waals surface area contributed by atoms with Crippen molar-refractivity contribution in [3.05, 3.63) is 77.2 Å². The van der Waals surface area contributed by atoms with Crippen molar-refractivity contribution in [2.24, 2.45) is 0 Å².